The molecule has 8 nitrogen and oxygen atoms in total. The summed E-state index contributed by atoms with van der Waals surface area (Å²) in [7, 11) is 0. The van der Waals surface area contributed by atoms with Gasteiger partial charge < -0.3 is 20.7 Å². The van der Waals surface area contributed by atoms with Crippen LogP contribution < -0.4 is 11.1 Å². The molecular weight excluding hydrogens is 374 g/mol. The van der Waals surface area contributed by atoms with Crippen molar-refractivity contribution in [1.82, 2.24) is 4.90 Å². The zero-order chi connectivity index (χ0) is 21.4. The molecule has 3 N–H and O–H groups in total. The van der Waals surface area contributed by atoms with E-state index in [0.29, 0.717) is 24.3 Å². The van der Waals surface area contributed by atoms with Crippen molar-refractivity contribution >= 4 is 29.4 Å². The van der Waals surface area contributed by atoms with Crippen molar-refractivity contribution in [1.29, 1.82) is 0 Å². The van der Waals surface area contributed by atoms with Gasteiger partial charge >= 0.3 is 5.97 Å². The van der Waals surface area contributed by atoms with E-state index in [1.807, 2.05) is 13.8 Å². The van der Waals surface area contributed by atoms with Gasteiger partial charge in [-0.25, -0.2) is 4.79 Å². The smallest absolute Gasteiger partial charge is 0.338 e. The molecule has 0 saturated heterocycles. The fourth-order valence-corrected chi connectivity index (χ4v) is 2.61. The average Bonchev–Trinajstić information content (AvgIpc) is 2.73. The standard InChI is InChI=1S/C21H23N3O5/c1-3-24(4-2)20(27)16-6-5-7-17(12-16)23-18(25)13-29-21(28)15-10-8-14(9-11-15)19(22)26/h5-12H,3-4,13H2,1-2H3,(H2,22,26)(H,23,25). The maximum absolute atomic E-state index is 12.4. The number of esters is 1. The number of primary amides is 1. The minimum atomic E-state index is -0.707. The molecule has 0 atom stereocenters. The van der Waals surface area contributed by atoms with E-state index in [1.165, 1.54) is 24.3 Å². The van der Waals surface area contributed by atoms with E-state index in [1.54, 1.807) is 29.2 Å². The second kappa shape index (κ2) is 10.0. The number of anilines is 1. The highest BCUT2D eigenvalue weighted by Gasteiger charge is 2.14. The summed E-state index contributed by atoms with van der Waals surface area (Å²) < 4.78 is 4.97. The van der Waals surface area contributed by atoms with Gasteiger partial charge in [0.05, 0.1) is 5.56 Å². The highest BCUT2D eigenvalue weighted by atomic mass is 16.5. The van der Waals surface area contributed by atoms with Gasteiger partial charge in [0.15, 0.2) is 6.61 Å². The number of nitrogens with zero attached hydrogens (tertiary/aromatic N) is 1. The van der Waals surface area contributed by atoms with Crippen LogP contribution in [-0.2, 0) is 9.53 Å². The van der Waals surface area contributed by atoms with E-state index in [9.17, 15) is 19.2 Å². The second-order valence-corrected chi connectivity index (χ2v) is 6.12. The third kappa shape index (κ3) is 5.90. The van der Waals surface area contributed by atoms with Gasteiger partial charge in [-0.2, -0.15) is 0 Å². The summed E-state index contributed by atoms with van der Waals surface area (Å²) >= 11 is 0. The van der Waals surface area contributed by atoms with Crippen molar-refractivity contribution < 1.29 is 23.9 Å². The first-order valence-electron chi connectivity index (χ1n) is 9.11. The van der Waals surface area contributed by atoms with E-state index in [4.69, 9.17) is 10.5 Å². The molecule has 8 heteroatoms. The topological polar surface area (TPSA) is 119 Å². The lowest BCUT2D eigenvalue weighted by molar-refractivity contribution is -0.119. The Morgan fingerprint density at radius 1 is 0.931 bits per heavy atom. The van der Waals surface area contributed by atoms with Crippen molar-refractivity contribution in [3.8, 4) is 0 Å². The van der Waals surface area contributed by atoms with Crippen molar-refractivity contribution in [3.05, 3.63) is 65.2 Å². The maximum atomic E-state index is 12.4. The van der Waals surface area contributed by atoms with Gasteiger partial charge in [-0.05, 0) is 56.3 Å². The first kappa shape index (κ1) is 21.6. The van der Waals surface area contributed by atoms with Crippen molar-refractivity contribution in [2.45, 2.75) is 13.8 Å². The van der Waals surface area contributed by atoms with Gasteiger partial charge in [-0.3, -0.25) is 14.4 Å². The number of carbonyl (C=O) groups is 4. The summed E-state index contributed by atoms with van der Waals surface area (Å²) in [5.41, 5.74) is 6.48. The molecule has 0 aliphatic heterocycles. The zero-order valence-electron chi connectivity index (χ0n) is 16.3. The van der Waals surface area contributed by atoms with Crippen LogP contribution in [0.15, 0.2) is 48.5 Å². The lowest BCUT2D eigenvalue weighted by atomic mass is 10.1. The van der Waals surface area contributed by atoms with Crippen LogP contribution >= 0.6 is 0 Å². The molecule has 0 unspecified atom stereocenters. The lowest BCUT2D eigenvalue weighted by Gasteiger charge is -2.19. The van der Waals surface area contributed by atoms with Crippen LogP contribution in [0.25, 0.3) is 0 Å². The predicted molar refractivity (Wildman–Crippen MR) is 108 cm³/mol. The van der Waals surface area contributed by atoms with E-state index in [2.05, 4.69) is 5.32 Å². The number of ether oxygens (including phenoxy) is 1. The van der Waals surface area contributed by atoms with Gasteiger partial charge in [0, 0.05) is 29.9 Å². The zero-order valence-corrected chi connectivity index (χ0v) is 16.3. The van der Waals surface area contributed by atoms with E-state index in [-0.39, 0.29) is 17.0 Å². The number of rotatable bonds is 8. The number of hydrogen-bond donors (Lipinski definition) is 2. The molecule has 0 fully saturated rings. The number of nitrogens with two attached hydrogens (primary N) is 1. The first-order valence-corrected chi connectivity index (χ1v) is 9.11. The summed E-state index contributed by atoms with van der Waals surface area (Å²) in [6, 6.07) is 12.1. The summed E-state index contributed by atoms with van der Waals surface area (Å²) in [4.78, 5) is 49.2. The van der Waals surface area contributed by atoms with Crippen molar-refractivity contribution in [3.63, 3.8) is 0 Å². The Bertz CT molecular complexity index is 905. The maximum Gasteiger partial charge on any atom is 0.338 e. The van der Waals surface area contributed by atoms with Crippen LogP contribution in [0.1, 0.15) is 44.9 Å². The Hall–Kier alpha value is -3.68. The molecule has 0 radical (unpaired) electrons. The minimum Gasteiger partial charge on any atom is -0.452 e. The number of carbonyl (C=O) groups excluding carboxylic acids is 4. The molecule has 2 aromatic carbocycles. The van der Waals surface area contributed by atoms with Crippen LogP contribution in [0.5, 0.6) is 0 Å². The normalized spacial score (nSPS) is 10.1. The summed E-state index contributed by atoms with van der Waals surface area (Å²) in [5, 5.41) is 2.59. The first-order chi connectivity index (χ1) is 13.8. The van der Waals surface area contributed by atoms with Crippen LogP contribution in [0.3, 0.4) is 0 Å². The van der Waals surface area contributed by atoms with E-state index >= 15 is 0 Å². The van der Waals surface area contributed by atoms with E-state index < -0.39 is 24.4 Å². The number of amides is 3. The molecule has 0 bridgehead atoms. The largest absolute Gasteiger partial charge is 0.452 e. The van der Waals surface area contributed by atoms with Gasteiger partial charge in [0.2, 0.25) is 5.91 Å². The fourth-order valence-electron chi connectivity index (χ4n) is 2.61. The SMILES string of the molecule is CCN(CC)C(=O)c1cccc(NC(=O)COC(=O)c2ccc(C(N)=O)cc2)c1. The Kier molecular flexibility index (Phi) is 7.47. The fraction of sp³-hybridized carbons (Fsp3) is 0.238. The minimum absolute atomic E-state index is 0.128. The molecule has 0 spiro atoms. The van der Waals surface area contributed by atoms with Gasteiger partial charge in [-0.15, -0.1) is 0 Å². The summed E-state index contributed by atoms with van der Waals surface area (Å²) in [5.74, 6) is -1.98. The van der Waals surface area contributed by atoms with Crippen LogP contribution in [-0.4, -0.2) is 48.3 Å². The monoisotopic (exact) mass is 397 g/mol. The Labute approximate surface area is 168 Å². The Morgan fingerprint density at radius 3 is 2.14 bits per heavy atom. The molecule has 2 rings (SSSR count). The average molecular weight is 397 g/mol. The molecule has 0 aliphatic rings. The van der Waals surface area contributed by atoms with Crippen LogP contribution in [0, 0.1) is 0 Å². The Morgan fingerprint density at radius 2 is 1.55 bits per heavy atom. The van der Waals surface area contributed by atoms with Crippen LogP contribution in [0.4, 0.5) is 5.69 Å². The molecule has 0 saturated carbocycles. The molecule has 3 amide bonds. The quantitative estimate of drug-likeness (QED) is 0.661. The highest BCUT2D eigenvalue weighted by molar-refractivity contribution is 5.99. The number of benzene rings is 2. The third-order valence-electron chi connectivity index (χ3n) is 4.18. The summed E-state index contributed by atoms with van der Waals surface area (Å²) in [6.07, 6.45) is 0. The Balaban J connectivity index is 1.93. The lowest BCUT2D eigenvalue weighted by Crippen LogP contribution is -2.30. The number of nitrogens with one attached hydrogen (secondary N) is 1. The molecule has 29 heavy (non-hydrogen) atoms. The van der Waals surface area contributed by atoms with E-state index in [0.717, 1.165) is 0 Å². The van der Waals surface area contributed by atoms with Crippen molar-refractivity contribution in [2.75, 3.05) is 25.0 Å². The highest BCUT2D eigenvalue weighted by Crippen LogP contribution is 2.13. The van der Waals surface area contributed by atoms with Gasteiger partial charge in [-0.1, -0.05) is 6.07 Å². The van der Waals surface area contributed by atoms with Gasteiger partial charge in [0.25, 0.3) is 11.8 Å². The molecular formula is C21H23N3O5. The predicted octanol–water partition coefficient (Wildman–Crippen LogP) is 2.06. The van der Waals surface area contributed by atoms with Gasteiger partial charge in [0.1, 0.15) is 0 Å². The molecule has 152 valence electrons. The molecule has 0 heterocycles. The molecule has 0 aromatic heterocycles. The molecule has 0 aliphatic carbocycles. The molecule has 2 aromatic rings. The van der Waals surface area contributed by atoms with Crippen LogP contribution in [0.2, 0.25) is 0 Å². The summed E-state index contributed by atoms with van der Waals surface area (Å²) in [6.45, 7) is 4.46. The third-order valence-corrected chi connectivity index (χ3v) is 4.18. The second-order valence-electron chi connectivity index (χ2n) is 6.12. The number of hydrogen-bond acceptors (Lipinski definition) is 5. The van der Waals surface area contributed by atoms with Crippen molar-refractivity contribution in [2.24, 2.45) is 5.73 Å².